The molecule has 8 fully saturated rings. The molecule has 5 aliphatic carbocycles. The van der Waals surface area contributed by atoms with E-state index in [9.17, 15) is 9.90 Å². The average molecular weight is 631 g/mol. The van der Waals surface area contributed by atoms with Crippen LogP contribution in [0, 0.1) is 56.7 Å². The molecule has 3 aliphatic heterocycles. The molecule has 4 unspecified atom stereocenters. The maximum atomic E-state index is 13.5. The van der Waals surface area contributed by atoms with Gasteiger partial charge in [0.05, 0.1) is 19.6 Å². The zero-order valence-corrected chi connectivity index (χ0v) is 29.7. The van der Waals surface area contributed by atoms with E-state index in [2.05, 4.69) is 53.0 Å². The van der Waals surface area contributed by atoms with Gasteiger partial charge in [0.1, 0.15) is 6.10 Å². The van der Waals surface area contributed by atoms with E-state index in [0.717, 1.165) is 50.2 Å². The van der Waals surface area contributed by atoms with Crippen LogP contribution in [0.25, 0.3) is 0 Å². The number of esters is 1. The summed E-state index contributed by atoms with van der Waals surface area (Å²) in [5, 5.41) is 10.8. The molecular weight excluding hydrogens is 568 g/mol. The van der Waals surface area contributed by atoms with Gasteiger partial charge in [-0.05, 0) is 122 Å². The summed E-state index contributed by atoms with van der Waals surface area (Å²) >= 11 is 0. The first-order chi connectivity index (χ1) is 20.2. The van der Waals surface area contributed by atoms with Crippen LogP contribution in [0.5, 0.6) is 0 Å². The van der Waals surface area contributed by atoms with Crippen molar-refractivity contribution in [2.45, 2.75) is 112 Å². The van der Waals surface area contributed by atoms with Gasteiger partial charge >= 0.3 is 5.97 Å². The molecule has 3 heterocycles. The van der Waals surface area contributed by atoms with E-state index in [4.69, 9.17) is 4.74 Å². The Morgan fingerprint density at radius 1 is 0.864 bits per heavy atom. The highest BCUT2D eigenvalue weighted by atomic mass is 35.5. The SMILES string of the molecule is C=C(C)[C@@H]1CC[C@]2(CO)CC[C@]3(C)C(CCC4[C@@]5(C)CC[C@H](OC(=O)C[N+]67CCN(CC6)CC7)C(C)(C)C5CC[C@]43C)C12.[Cl-]. The number of piperazine rings is 3. The second kappa shape index (κ2) is 11.0. The van der Waals surface area contributed by atoms with E-state index in [1.165, 1.54) is 63.4 Å². The van der Waals surface area contributed by atoms with Crippen molar-refractivity contribution in [2.24, 2.45) is 56.7 Å². The molecule has 3 saturated heterocycles. The summed E-state index contributed by atoms with van der Waals surface area (Å²) in [7, 11) is 0. The zero-order chi connectivity index (χ0) is 30.6. The molecular formula is C38H63ClN2O3. The van der Waals surface area contributed by atoms with Crippen molar-refractivity contribution in [3.8, 4) is 0 Å². The molecule has 44 heavy (non-hydrogen) atoms. The van der Waals surface area contributed by atoms with Crippen molar-refractivity contribution in [1.82, 2.24) is 4.90 Å². The third-order valence-corrected chi connectivity index (χ3v) is 16.9. The molecule has 1 N–H and O–H groups in total. The number of carbonyl (C=O) groups is 1. The minimum absolute atomic E-state index is 0. The second-order valence-corrected chi connectivity index (χ2v) is 18.6. The molecule has 0 aromatic carbocycles. The van der Waals surface area contributed by atoms with Gasteiger partial charge in [-0.3, -0.25) is 4.90 Å². The second-order valence-electron chi connectivity index (χ2n) is 18.6. The molecule has 0 amide bonds. The molecule has 2 bridgehead atoms. The van der Waals surface area contributed by atoms with E-state index >= 15 is 0 Å². The normalized spacial score (nSPS) is 52.0. The highest BCUT2D eigenvalue weighted by molar-refractivity contribution is 5.71. The lowest BCUT2D eigenvalue weighted by molar-refractivity contribution is -0.934. The Balaban J connectivity index is 0.00000343. The third-order valence-electron chi connectivity index (χ3n) is 16.9. The lowest BCUT2D eigenvalue weighted by Crippen LogP contribution is -3.00. The van der Waals surface area contributed by atoms with E-state index < -0.39 is 0 Å². The predicted octanol–water partition coefficient (Wildman–Crippen LogP) is 3.70. The highest BCUT2D eigenvalue weighted by Gasteiger charge is 2.71. The van der Waals surface area contributed by atoms with Gasteiger partial charge in [-0.15, -0.1) is 0 Å². The van der Waals surface area contributed by atoms with Crippen molar-refractivity contribution in [3.05, 3.63) is 12.2 Å². The first kappa shape index (κ1) is 33.3. The minimum Gasteiger partial charge on any atom is -1.00 e. The summed E-state index contributed by atoms with van der Waals surface area (Å²) in [6.45, 7) is 27.4. The predicted molar refractivity (Wildman–Crippen MR) is 172 cm³/mol. The highest BCUT2D eigenvalue weighted by Crippen LogP contribution is 2.77. The Bertz CT molecular complexity index is 1140. The molecule has 5 saturated carbocycles. The monoisotopic (exact) mass is 630 g/mol. The van der Waals surface area contributed by atoms with Gasteiger partial charge in [0.15, 0.2) is 6.54 Å². The molecule has 10 atom stereocenters. The summed E-state index contributed by atoms with van der Waals surface area (Å²) in [6.07, 6.45) is 12.3. The molecule has 250 valence electrons. The van der Waals surface area contributed by atoms with Crippen molar-refractivity contribution < 1.29 is 31.5 Å². The van der Waals surface area contributed by atoms with Gasteiger partial charge in [-0.25, -0.2) is 4.79 Å². The number of ether oxygens (including phenoxy) is 1. The first-order valence-electron chi connectivity index (χ1n) is 18.3. The van der Waals surface area contributed by atoms with Crippen molar-refractivity contribution in [2.75, 3.05) is 52.4 Å². The van der Waals surface area contributed by atoms with Gasteiger partial charge in [0.25, 0.3) is 0 Å². The summed E-state index contributed by atoms with van der Waals surface area (Å²) in [6, 6.07) is 0. The molecule has 0 spiro atoms. The molecule has 0 aromatic heterocycles. The quantitative estimate of drug-likeness (QED) is 0.286. The summed E-state index contributed by atoms with van der Waals surface area (Å²) in [4.78, 5) is 16.1. The first-order valence-corrected chi connectivity index (χ1v) is 18.3. The number of nitrogens with zero attached hydrogens (tertiary/aromatic N) is 2. The molecule has 0 radical (unpaired) electrons. The Kier molecular flexibility index (Phi) is 8.29. The Morgan fingerprint density at radius 2 is 1.55 bits per heavy atom. The lowest BCUT2D eigenvalue weighted by atomic mass is 9.32. The fourth-order valence-electron chi connectivity index (χ4n) is 14.2. The molecule has 8 rings (SSSR count). The number of halogens is 1. The van der Waals surface area contributed by atoms with Gasteiger partial charge in [0, 0.05) is 31.7 Å². The maximum absolute atomic E-state index is 13.5. The van der Waals surface area contributed by atoms with Gasteiger partial charge in [0.2, 0.25) is 0 Å². The van der Waals surface area contributed by atoms with Gasteiger partial charge < -0.3 is 26.7 Å². The number of fused-ring (bicyclic) bond motifs is 10. The number of carbonyl (C=O) groups excluding carboxylic acids is 1. The molecule has 5 nitrogen and oxygen atoms in total. The van der Waals surface area contributed by atoms with Crippen LogP contribution in [-0.4, -0.2) is 79.0 Å². The smallest absolute Gasteiger partial charge is 0.362 e. The average Bonchev–Trinajstić information content (AvgIpc) is 3.36. The number of rotatable bonds is 5. The summed E-state index contributed by atoms with van der Waals surface area (Å²) in [5.41, 5.74) is 2.39. The topological polar surface area (TPSA) is 49.8 Å². The van der Waals surface area contributed by atoms with Crippen molar-refractivity contribution in [3.63, 3.8) is 0 Å². The largest absolute Gasteiger partial charge is 1.00 e. The Labute approximate surface area is 274 Å². The van der Waals surface area contributed by atoms with E-state index in [1.54, 1.807) is 0 Å². The van der Waals surface area contributed by atoms with Crippen LogP contribution in [0.2, 0.25) is 0 Å². The van der Waals surface area contributed by atoms with E-state index in [1.807, 2.05) is 0 Å². The fraction of sp³-hybridized carbons (Fsp3) is 0.921. The van der Waals surface area contributed by atoms with E-state index in [0.29, 0.717) is 53.6 Å². The van der Waals surface area contributed by atoms with Crippen LogP contribution in [0.1, 0.15) is 106 Å². The molecule has 0 aromatic rings. The fourth-order valence-corrected chi connectivity index (χ4v) is 14.2. The van der Waals surface area contributed by atoms with Gasteiger partial charge in [-0.1, -0.05) is 46.8 Å². The number of hydrogen-bond donors (Lipinski definition) is 1. The molecule has 8 aliphatic rings. The lowest BCUT2D eigenvalue weighted by Gasteiger charge is -2.73. The van der Waals surface area contributed by atoms with Crippen LogP contribution in [-0.2, 0) is 9.53 Å². The van der Waals surface area contributed by atoms with Crippen LogP contribution >= 0.6 is 0 Å². The van der Waals surface area contributed by atoms with Crippen LogP contribution in [0.15, 0.2) is 12.2 Å². The van der Waals surface area contributed by atoms with Crippen LogP contribution in [0.3, 0.4) is 0 Å². The third kappa shape index (κ3) is 4.51. The van der Waals surface area contributed by atoms with Crippen LogP contribution in [0.4, 0.5) is 0 Å². The van der Waals surface area contributed by atoms with Crippen LogP contribution < -0.4 is 12.4 Å². The van der Waals surface area contributed by atoms with Gasteiger partial charge in [-0.2, -0.15) is 0 Å². The summed E-state index contributed by atoms with van der Waals surface area (Å²) < 4.78 is 7.47. The van der Waals surface area contributed by atoms with Crippen molar-refractivity contribution in [1.29, 1.82) is 0 Å². The molecule has 6 heteroatoms. The Morgan fingerprint density at radius 3 is 2.18 bits per heavy atom. The standard InChI is InChI=1S/C38H63N2O3.ClH/c1-26(2)27-10-15-38(25-41)17-16-36(6)28(33(27)38)8-9-30-35(5)13-12-31(34(3,4)29(35)11-14-37(30,36)7)43-32(42)24-40-21-18-39(19-22-40)20-23-40;/h27-31,33,41H,1,8-25H2,2-7H3;1H/q+1;/p-1/t27-,28?,29?,30?,31-,33?,35-,36+,37+,38+;/m0./s1. The van der Waals surface area contributed by atoms with E-state index in [-0.39, 0.29) is 40.7 Å². The minimum atomic E-state index is -0.00253. The Hall–Kier alpha value is -0.620. The summed E-state index contributed by atoms with van der Waals surface area (Å²) in [5.74, 6) is 3.22. The number of aliphatic hydroxyl groups excluding tert-OH is 1. The number of allylic oxidation sites excluding steroid dienone is 1. The maximum Gasteiger partial charge on any atom is 0.362 e. The number of quaternary nitrogens is 1. The number of hydrogen-bond acceptors (Lipinski definition) is 4. The number of aliphatic hydroxyl groups is 1. The van der Waals surface area contributed by atoms with Crippen molar-refractivity contribution >= 4 is 5.97 Å². The zero-order valence-electron chi connectivity index (χ0n) is 28.9.